The predicted molar refractivity (Wildman–Crippen MR) is 98.8 cm³/mol. The molecule has 0 unspecified atom stereocenters. The Hall–Kier alpha value is -2.54. The highest BCUT2D eigenvalue weighted by atomic mass is 32.1. The fraction of sp³-hybridized carbons (Fsp3) is 0.333. The van der Waals surface area contributed by atoms with E-state index in [1.165, 1.54) is 18.3 Å². The molecular formula is C18H19N3O3S. The van der Waals surface area contributed by atoms with E-state index in [4.69, 9.17) is 0 Å². The first-order valence-electron chi connectivity index (χ1n) is 7.89. The molecule has 0 aliphatic rings. The first-order chi connectivity index (χ1) is 11.7. The van der Waals surface area contributed by atoms with Gasteiger partial charge in [0.15, 0.2) is 10.7 Å². The van der Waals surface area contributed by atoms with Crippen LogP contribution in [-0.2, 0) is 0 Å². The Kier molecular flexibility index (Phi) is 3.99. The lowest BCUT2D eigenvalue weighted by atomic mass is 9.89. The molecule has 6 nitrogen and oxygen atoms in total. The van der Waals surface area contributed by atoms with E-state index < -0.39 is 0 Å². The smallest absolute Gasteiger partial charge is 0.276 e. The molecule has 0 bridgehead atoms. The number of ketones is 1. The van der Waals surface area contributed by atoms with E-state index in [1.54, 1.807) is 13.8 Å². The number of thiazole rings is 1. The minimum atomic E-state index is -0.349. The van der Waals surface area contributed by atoms with Crippen LogP contribution in [0.1, 0.15) is 45.4 Å². The molecule has 25 heavy (non-hydrogen) atoms. The summed E-state index contributed by atoms with van der Waals surface area (Å²) in [5, 5.41) is 13.5. The van der Waals surface area contributed by atoms with Gasteiger partial charge in [0.2, 0.25) is 0 Å². The fourth-order valence-corrected chi connectivity index (χ4v) is 4.32. The Balaban J connectivity index is 2.50. The van der Waals surface area contributed by atoms with Crippen molar-refractivity contribution in [1.82, 2.24) is 9.38 Å². The molecule has 0 aliphatic carbocycles. The zero-order chi connectivity index (χ0) is 18.6. The Morgan fingerprint density at radius 2 is 1.76 bits per heavy atom. The lowest BCUT2D eigenvalue weighted by molar-refractivity contribution is -0.386. The van der Waals surface area contributed by atoms with Crippen molar-refractivity contribution in [3.05, 3.63) is 49.1 Å². The third-order valence-electron chi connectivity index (χ3n) is 4.87. The van der Waals surface area contributed by atoms with E-state index in [2.05, 4.69) is 4.98 Å². The number of aromatic nitrogens is 2. The van der Waals surface area contributed by atoms with Crippen molar-refractivity contribution in [2.45, 2.75) is 41.5 Å². The minimum Gasteiger partial charge on any atom is -0.293 e. The van der Waals surface area contributed by atoms with Gasteiger partial charge in [-0.3, -0.25) is 19.3 Å². The molecule has 1 aromatic carbocycles. The molecule has 2 heterocycles. The summed E-state index contributed by atoms with van der Waals surface area (Å²) >= 11 is 1.46. The first-order valence-corrected chi connectivity index (χ1v) is 8.77. The van der Waals surface area contributed by atoms with Crippen molar-refractivity contribution in [2.24, 2.45) is 0 Å². The summed E-state index contributed by atoms with van der Waals surface area (Å²) in [6.07, 6.45) is 0. The average Bonchev–Trinajstić information content (AvgIpc) is 3.05. The monoisotopic (exact) mass is 357 g/mol. The number of imidazole rings is 1. The average molecular weight is 357 g/mol. The number of nitro groups is 1. The van der Waals surface area contributed by atoms with Crippen LogP contribution in [0.5, 0.6) is 0 Å². The standard InChI is InChI=1S/C18H19N3O3S/c1-8-7-25-18-19-15(17(13(6)22)20(8)18)14-10(3)9(2)11(4)16(12(14)5)21(23)24/h7H,1-6H3. The molecule has 3 aromatic rings. The van der Waals surface area contributed by atoms with Gasteiger partial charge in [0.05, 0.1) is 4.92 Å². The maximum atomic E-state index is 12.4. The van der Waals surface area contributed by atoms with Crippen molar-refractivity contribution in [3.63, 3.8) is 0 Å². The van der Waals surface area contributed by atoms with Gasteiger partial charge in [-0.05, 0) is 45.7 Å². The van der Waals surface area contributed by atoms with E-state index >= 15 is 0 Å². The zero-order valence-corrected chi connectivity index (χ0v) is 15.9. The zero-order valence-electron chi connectivity index (χ0n) is 15.1. The highest BCUT2D eigenvalue weighted by Crippen LogP contribution is 2.40. The second-order valence-electron chi connectivity index (χ2n) is 6.34. The van der Waals surface area contributed by atoms with Crippen LogP contribution in [0.15, 0.2) is 5.38 Å². The summed E-state index contributed by atoms with van der Waals surface area (Å²) in [5.74, 6) is -0.108. The summed E-state index contributed by atoms with van der Waals surface area (Å²) in [6.45, 7) is 10.7. The molecule has 2 aromatic heterocycles. The normalized spacial score (nSPS) is 11.3. The van der Waals surface area contributed by atoms with Crippen LogP contribution in [0.25, 0.3) is 16.2 Å². The van der Waals surface area contributed by atoms with Crippen LogP contribution in [0.2, 0.25) is 0 Å². The molecule has 3 rings (SSSR count). The highest BCUT2D eigenvalue weighted by Gasteiger charge is 2.28. The summed E-state index contributed by atoms with van der Waals surface area (Å²) < 4.78 is 1.84. The van der Waals surface area contributed by atoms with Crippen LogP contribution >= 0.6 is 11.3 Å². The SMILES string of the molecule is CC(=O)c1c(-c2c(C)c(C)c(C)c([N+](=O)[O-])c2C)nc2scc(C)n12. The molecule has 0 spiro atoms. The van der Waals surface area contributed by atoms with E-state index in [-0.39, 0.29) is 16.4 Å². The molecule has 0 saturated heterocycles. The van der Waals surface area contributed by atoms with Crippen molar-refractivity contribution in [1.29, 1.82) is 0 Å². The molecule has 0 saturated carbocycles. The number of hydrogen-bond acceptors (Lipinski definition) is 5. The first kappa shape index (κ1) is 17.3. The lowest BCUT2D eigenvalue weighted by Gasteiger charge is -2.15. The Labute approximate surface area is 149 Å². The van der Waals surface area contributed by atoms with Crippen molar-refractivity contribution in [2.75, 3.05) is 0 Å². The quantitative estimate of drug-likeness (QED) is 0.386. The molecule has 0 aliphatic heterocycles. The maximum Gasteiger partial charge on any atom is 0.276 e. The Morgan fingerprint density at radius 1 is 1.12 bits per heavy atom. The summed E-state index contributed by atoms with van der Waals surface area (Å²) in [6, 6.07) is 0. The third-order valence-corrected chi connectivity index (χ3v) is 5.82. The molecule has 130 valence electrons. The molecular weight excluding hydrogens is 338 g/mol. The molecule has 0 atom stereocenters. The largest absolute Gasteiger partial charge is 0.293 e. The number of hydrogen-bond donors (Lipinski definition) is 0. The lowest BCUT2D eigenvalue weighted by Crippen LogP contribution is -2.06. The maximum absolute atomic E-state index is 12.4. The number of nitrogens with zero attached hydrogens (tertiary/aromatic N) is 3. The van der Waals surface area contributed by atoms with E-state index in [1.807, 2.05) is 30.6 Å². The number of carbonyl (C=O) groups excluding carboxylic acids is 1. The van der Waals surface area contributed by atoms with Gasteiger partial charge in [0.1, 0.15) is 11.4 Å². The van der Waals surface area contributed by atoms with Gasteiger partial charge in [-0.2, -0.15) is 0 Å². The topological polar surface area (TPSA) is 77.5 Å². The summed E-state index contributed by atoms with van der Waals surface area (Å²) in [5.41, 5.74) is 5.72. The Morgan fingerprint density at radius 3 is 2.32 bits per heavy atom. The van der Waals surface area contributed by atoms with Crippen LogP contribution < -0.4 is 0 Å². The summed E-state index contributed by atoms with van der Waals surface area (Å²) in [7, 11) is 0. The second-order valence-corrected chi connectivity index (χ2v) is 7.18. The van der Waals surface area contributed by atoms with Gasteiger partial charge >= 0.3 is 0 Å². The van der Waals surface area contributed by atoms with Gasteiger partial charge in [0, 0.05) is 34.7 Å². The predicted octanol–water partition coefficient (Wildman–Crippen LogP) is 4.72. The number of fused-ring (bicyclic) bond motifs is 1. The number of Topliss-reactive ketones (excluding diaryl/α,β-unsaturated/α-hetero) is 1. The molecule has 0 fully saturated rings. The van der Waals surface area contributed by atoms with Crippen LogP contribution in [-0.4, -0.2) is 20.1 Å². The van der Waals surface area contributed by atoms with Crippen LogP contribution in [0, 0.1) is 44.7 Å². The molecule has 0 amide bonds. The number of nitro benzene ring substituents is 1. The van der Waals surface area contributed by atoms with Crippen molar-refractivity contribution >= 4 is 27.8 Å². The van der Waals surface area contributed by atoms with Gasteiger partial charge in [-0.1, -0.05) is 0 Å². The van der Waals surface area contributed by atoms with Crippen LogP contribution in [0.3, 0.4) is 0 Å². The van der Waals surface area contributed by atoms with E-state index in [0.717, 1.165) is 21.8 Å². The van der Waals surface area contributed by atoms with Crippen LogP contribution in [0.4, 0.5) is 5.69 Å². The van der Waals surface area contributed by atoms with E-state index in [0.29, 0.717) is 28.1 Å². The van der Waals surface area contributed by atoms with Gasteiger partial charge in [-0.15, -0.1) is 11.3 Å². The van der Waals surface area contributed by atoms with Gasteiger partial charge < -0.3 is 0 Å². The number of aryl methyl sites for hydroxylation is 1. The van der Waals surface area contributed by atoms with Gasteiger partial charge in [0.25, 0.3) is 5.69 Å². The number of rotatable bonds is 3. The fourth-order valence-electron chi connectivity index (χ4n) is 3.45. The van der Waals surface area contributed by atoms with Gasteiger partial charge in [-0.25, -0.2) is 4.98 Å². The number of carbonyl (C=O) groups is 1. The van der Waals surface area contributed by atoms with Crippen molar-refractivity contribution in [3.8, 4) is 11.3 Å². The minimum absolute atomic E-state index is 0.0979. The second kappa shape index (κ2) is 5.77. The summed E-state index contributed by atoms with van der Waals surface area (Å²) in [4.78, 5) is 29.0. The Bertz CT molecular complexity index is 1060. The molecule has 7 heteroatoms. The third kappa shape index (κ3) is 2.38. The van der Waals surface area contributed by atoms with E-state index in [9.17, 15) is 14.9 Å². The molecule has 0 radical (unpaired) electrons. The number of benzene rings is 1. The highest BCUT2D eigenvalue weighted by molar-refractivity contribution is 7.15. The molecule has 0 N–H and O–H groups in total. The van der Waals surface area contributed by atoms with Crippen molar-refractivity contribution < 1.29 is 9.72 Å².